The molecule has 1 aromatic carbocycles. The van der Waals surface area contributed by atoms with Crippen LogP contribution in [0.25, 0.3) is 0 Å². The molecule has 29 heavy (non-hydrogen) atoms. The van der Waals surface area contributed by atoms with E-state index in [0.717, 1.165) is 11.3 Å². The maximum Gasteiger partial charge on any atom is 0.329 e. The highest BCUT2D eigenvalue weighted by Gasteiger charge is 2.40. The first-order valence-electron chi connectivity index (χ1n) is 9.02. The number of likely N-dealkylation sites (tertiary alicyclic amines) is 1. The molecule has 0 aromatic heterocycles. The highest BCUT2D eigenvalue weighted by Crippen LogP contribution is 2.33. The number of hydrogen-bond acceptors (Lipinski definition) is 5. The van der Waals surface area contributed by atoms with Crippen molar-refractivity contribution in [3.05, 3.63) is 34.4 Å². The van der Waals surface area contributed by atoms with E-state index in [9.17, 15) is 28.3 Å². The second-order valence-corrected chi connectivity index (χ2v) is 7.17. The Hall–Kier alpha value is -2.59. The number of aryl methyl sites for hydroxylation is 1. The maximum atomic E-state index is 15.0. The van der Waals surface area contributed by atoms with Crippen LogP contribution < -0.4 is 0 Å². The van der Waals surface area contributed by atoms with Gasteiger partial charge in [-0.1, -0.05) is 6.07 Å². The Balaban J connectivity index is 2.52. The standard InChI is InChI=1S/C19H24F2N2O6/c1-10-7-11(15(20)16(21)14(10)18(26)22(2)3)12(8-29-9-13(24)25)17(19(27)28)23-5-4-6-23/h7,12,17H,4-6,8-9H2,1-3H3,(H,24,25)(H,27,28). The molecule has 10 heteroatoms. The van der Waals surface area contributed by atoms with E-state index in [-0.39, 0.29) is 11.1 Å². The summed E-state index contributed by atoms with van der Waals surface area (Å²) < 4.78 is 34.8. The molecule has 2 N–H and O–H groups in total. The summed E-state index contributed by atoms with van der Waals surface area (Å²) in [6.07, 6.45) is 0.763. The first kappa shape index (κ1) is 22.7. The van der Waals surface area contributed by atoms with E-state index in [0.29, 0.717) is 13.1 Å². The summed E-state index contributed by atoms with van der Waals surface area (Å²) in [6.45, 7) is 1.22. The van der Waals surface area contributed by atoms with E-state index >= 15 is 0 Å². The lowest BCUT2D eigenvalue weighted by Gasteiger charge is -2.40. The zero-order chi connectivity index (χ0) is 21.9. The van der Waals surface area contributed by atoms with Crippen molar-refractivity contribution in [1.82, 2.24) is 9.80 Å². The first-order valence-corrected chi connectivity index (χ1v) is 9.02. The molecule has 2 rings (SSSR count). The van der Waals surface area contributed by atoms with Crippen LogP contribution in [-0.2, 0) is 14.3 Å². The molecule has 1 saturated heterocycles. The third kappa shape index (κ3) is 4.88. The summed E-state index contributed by atoms with van der Waals surface area (Å²) in [5.74, 6) is -7.11. The summed E-state index contributed by atoms with van der Waals surface area (Å²) in [4.78, 5) is 37.5. The molecule has 1 heterocycles. The van der Waals surface area contributed by atoms with Crippen molar-refractivity contribution in [2.75, 3.05) is 40.4 Å². The number of amides is 1. The lowest BCUT2D eigenvalue weighted by atomic mass is 9.86. The van der Waals surface area contributed by atoms with Crippen molar-refractivity contribution < 1.29 is 38.1 Å². The number of rotatable bonds is 9. The lowest BCUT2D eigenvalue weighted by Crippen LogP contribution is -2.53. The Bertz CT molecular complexity index is 810. The van der Waals surface area contributed by atoms with Crippen LogP contribution in [0.2, 0.25) is 0 Å². The fraction of sp³-hybridized carbons (Fsp3) is 0.526. The van der Waals surface area contributed by atoms with Crippen molar-refractivity contribution in [2.45, 2.75) is 25.3 Å². The van der Waals surface area contributed by atoms with Gasteiger partial charge in [-0.25, -0.2) is 13.6 Å². The molecular formula is C19H24F2N2O6. The predicted molar refractivity (Wildman–Crippen MR) is 97.9 cm³/mol. The van der Waals surface area contributed by atoms with E-state index in [1.807, 2.05) is 0 Å². The van der Waals surface area contributed by atoms with Gasteiger partial charge in [-0.15, -0.1) is 0 Å². The van der Waals surface area contributed by atoms with Crippen LogP contribution >= 0.6 is 0 Å². The molecule has 0 radical (unpaired) electrons. The lowest BCUT2D eigenvalue weighted by molar-refractivity contribution is -0.147. The van der Waals surface area contributed by atoms with Gasteiger partial charge in [0.25, 0.3) is 5.91 Å². The van der Waals surface area contributed by atoms with Crippen LogP contribution in [0.3, 0.4) is 0 Å². The molecule has 0 aliphatic carbocycles. The van der Waals surface area contributed by atoms with Gasteiger partial charge < -0.3 is 19.8 Å². The average molecular weight is 414 g/mol. The van der Waals surface area contributed by atoms with E-state index < -0.39 is 60.2 Å². The Morgan fingerprint density at radius 2 is 1.83 bits per heavy atom. The molecule has 160 valence electrons. The van der Waals surface area contributed by atoms with Gasteiger partial charge in [0.1, 0.15) is 12.6 Å². The Morgan fingerprint density at radius 3 is 2.28 bits per heavy atom. The minimum absolute atomic E-state index is 0.147. The number of carbonyl (C=O) groups excluding carboxylic acids is 1. The molecule has 2 atom stereocenters. The molecule has 0 spiro atoms. The predicted octanol–water partition coefficient (Wildman–Crippen LogP) is 1.32. The topological polar surface area (TPSA) is 107 Å². The quantitative estimate of drug-likeness (QED) is 0.628. The SMILES string of the molecule is Cc1cc(C(COCC(=O)O)C(C(=O)O)N2CCC2)c(F)c(F)c1C(=O)N(C)C. The number of nitrogens with zero attached hydrogens (tertiary/aromatic N) is 2. The van der Waals surface area contributed by atoms with Gasteiger partial charge in [0.15, 0.2) is 11.6 Å². The van der Waals surface area contributed by atoms with Gasteiger partial charge in [0, 0.05) is 33.1 Å². The third-order valence-corrected chi connectivity index (χ3v) is 4.89. The van der Waals surface area contributed by atoms with Gasteiger partial charge in [-0.2, -0.15) is 0 Å². The number of benzene rings is 1. The Kier molecular flexibility index (Phi) is 7.26. The molecule has 1 aliphatic rings. The first-order chi connectivity index (χ1) is 13.6. The Morgan fingerprint density at radius 1 is 1.21 bits per heavy atom. The summed E-state index contributed by atoms with van der Waals surface area (Å²) in [7, 11) is 2.81. The van der Waals surface area contributed by atoms with Crippen molar-refractivity contribution >= 4 is 17.8 Å². The number of carboxylic acids is 2. The van der Waals surface area contributed by atoms with Crippen molar-refractivity contribution in [2.24, 2.45) is 0 Å². The molecule has 1 amide bonds. The largest absolute Gasteiger partial charge is 0.480 e. The van der Waals surface area contributed by atoms with Gasteiger partial charge in [0.05, 0.1) is 12.2 Å². The second-order valence-electron chi connectivity index (χ2n) is 7.17. The number of carbonyl (C=O) groups is 3. The molecular weight excluding hydrogens is 390 g/mol. The van der Waals surface area contributed by atoms with Crippen LogP contribution in [0.15, 0.2) is 6.07 Å². The fourth-order valence-electron chi connectivity index (χ4n) is 3.36. The molecule has 1 aromatic rings. The number of hydrogen-bond donors (Lipinski definition) is 2. The van der Waals surface area contributed by atoms with Crippen LogP contribution in [0.4, 0.5) is 8.78 Å². The second kappa shape index (κ2) is 9.27. The van der Waals surface area contributed by atoms with Crippen LogP contribution in [-0.4, -0.2) is 84.3 Å². The van der Waals surface area contributed by atoms with Gasteiger partial charge >= 0.3 is 11.9 Å². The Labute approximate surface area is 166 Å². The zero-order valence-corrected chi connectivity index (χ0v) is 16.4. The molecule has 1 fully saturated rings. The van der Waals surface area contributed by atoms with Crippen LogP contribution in [0.5, 0.6) is 0 Å². The molecule has 0 saturated carbocycles. The zero-order valence-electron chi connectivity index (χ0n) is 16.4. The number of carboxylic acid groups (broad SMARTS) is 2. The highest BCUT2D eigenvalue weighted by molar-refractivity contribution is 5.95. The average Bonchev–Trinajstić information content (AvgIpc) is 2.58. The van der Waals surface area contributed by atoms with Crippen LogP contribution in [0, 0.1) is 18.6 Å². The minimum Gasteiger partial charge on any atom is -0.480 e. The summed E-state index contributed by atoms with van der Waals surface area (Å²) in [5, 5.41) is 18.5. The number of halogens is 2. The van der Waals surface area contributed by atoms with Crippen LogP contribution in [0.1, 0.15) is 33.8 Å². The van der Waals surface area contributed by atoms with Crippen molar-refractivity contribution in [3.8, 4) is 0 Å². The summed E-state index contributed by atoms with van der Waals surface area (Å²) in [6, 6.07) is 0.0147. The number of aliphatic carboxylic acids is 2. The van der Waals surface area contributed by atoms with Gasteiger partial charge in [0.2, 0.25) is 0 Å². The van der Waals surface area contributed by atoms with Crippen molar-refractivity contribution in [3.63, 3.8) is 0 Å². The highest BCUT2D eigenvalue weighted by atomic mass is 19.2. The molecule has 2 unspecified atom stereocenters. The smallest absolute Gasteiger partial charge is 0.329 e. The normalized spacial score (nSPS) is 16.0. The number of ether oxygens (including phenoxy) is 1. The van der Waals surface area contributed by atoms with E-state index in [1.165, 1.54) is 27.1 Å². The van der Waals surface area contributed by atoms with E-state index in [1.54, 1.807) is 4.90 Å². The van der Waals surface area contributed by atoms with Gasteiger partial charge in [-0.3, -0.25) is 14.5 Å². The summed E-state index contributed by atoms with van der Waals surface area (Å²) in [5.41, 5.74) is -0.550. The van der Waals surface area contributed by atoms with Crippen molar-refractivity contribution in [1.29, 1.82) is 0 Å². The molecule has 1 aliphatic heterocycles. The van der Waals surface area contributed by atoms with Gasteiger partial charge in [-0.05, 0) is 24.5 Å². The fourth-order valence-corrected chi connectivity index (χ4v) is 3.36. The van der Waals surface area contributed by atoms with E-state index in [4.69, 9.17) is 9.84 Å². The maximum absolute atomic E-state index is 15.0. The molecule has 0 bridgehead atoms. The third-order valence-electron chi connectivity index (χ3n) is 4.89. The summed E-state index contributed by atoms with van der Waals surface area (Å²) >= 11 is 0. The monoisotopic (exact) mass is 414 g/mol. The minimum atomic E-state index is -1.37. The van der Waals surface area contributed by atoms with E-state index in [2.05, 4.69) is 0 Å². The molecule has 8 nitrogen and oxygen atoms in total.